The first-order valence-corrected chi connectivity index (χ1v) is 8.78. The van der Waals surface area contributed by atoms with Gasteiger partial charge in [-0.3, -0.25) is 0 Å². The van der Waals surface area contributed by atoms with E-state index in [1.165, 1.54) is 30.6 Å². The van der Waals surface area contributed by atoms with Gasteiger partial charge in [-0.05, 0) is 57.9 Å². The zero-order valence-electron chi connectivity index (χ0n) is 12.2. The lowest BCUT2D eigenvalue weighted by Crippen LogP contribution is -2.21. The molecule has 0 aliphatic rings. The summed E-state index contributed by atoms with van der Waals surface area (Å²) >= 11 is 5.48. The Morgan fingerprint density at radius 2 is 1.86 bits per heavy atom. The number of rotatable bonds is 4. The molecule has 3 rings (SSSR count). The quantitative estimate of drug-likeness (QED) is 0.632. The first-order chi connectivity index (χ1) is 10.2. The van der Waals surface area contributed by atoms with Crippen molar-refractivity contribution in [3.05, 3.63) is 68.3 Å². The molecule has 1 unspecified atom stereocenters. The highest BCUT2D eigenvalue weighted by Crippen LogP contribution is 2.34. The van der Waals surface area contributed by atoms with Crippen molar-refractivity contribution in [3.63, 3.8) is 0 Å². The topological polar surface area (TPSA) is 12.0 Å². The van der Waals surface area contributed by atoms with Gasteiger partial charge < -0.3 is 5.32 Å². The van der Waals surface area contributed by atoms with Gasteiger partial charge in [-0.15, -0.1) is 11.3 Å². The van der Waals surface area contributed by atoms with E-state index in [4.69, 9.17) is 0 Å². The van der Waals surface area contributed by atoms with Crippen LogP contribution in [0.5, 0.6) is 0 Å². The number of fused-ring (bicyclic) bond motifs is 1. The third-order valence-electron chi connectivity index (χ3n) is 3.68. The molecule has 1 atom stereocenters. The van der Waals surface area contributed by atoms with Crippen molar-refractivity contribution in [1.82, 2.24) is 5.32 Å². The van der Waals surface area contributed by atoms with Crippen LogP contribution in [0.1, 0.15) is 28.3 Å². The van der Waals surface area contributed by atoms with Crippen LogP contribution in [0, 0.1) is 6.92 Å². The Hall–Kier alpha value is -1.16. The normalized spacial score (nSPS) is 12.7. The summed E-state index contributed by atoms with van der Waals surface area (Å²) in [4.78, 5) is 2.69. The van der Waals surface area contributed by atoms with Crippen LogP contribution in [-0.2, 0) is 0 Å². The molecule has 0 spiro atoms. The Kier molecular flexibility index (Phi) is 4.43. The second-order valence-corrected chi connectivity index (χ2v) is 7.29. The molecule has 1 aromatic heterocycles. The molecule has 0 fully saturated rings. The van der Waals surface area contributed by atoms with Gasteiger partial charge >= 0.3 is 0 Å². The smallest absolute Gasteiger partial charge is 0.0671 e. The fourth-order valence-electron chi connectivity index (χ4n) is 2.60. The van der Waals surface area contributed by atoms with Crippen molar-refractivity contribution in [3.8, 4) is 0 Å². The van der Waals surface area contributed by atoms with Crippen molar-refractivity contribution in [2.75, 3.05) is 6.54 Å². The van der Waals surface area contributed by atoms with Crippen LogP contribution in [0.25, 0.3) is 10.8 Å². The van der Waals surface area contributed by atoms with Gasteiger partial charge in [0.2, 0.25) is 0 Å². The van der Waals surface area contributed by atoms with Gasteiger partial charge in [0.15, 0.2) is 0 Å². The fraction of sp³-hybridized carbons (Fsp3) is 0.222. The molecule has 3 aromatic rings. The number of halogens is 1. The van der Waals surface area contributed by atoms with Crippen LogP contribution < -0.4 is 5.32 Å². The van der Waals surface area contributed by atoms with Crippen LogP contribution in [0.4, 0.5) is 0 Å². The molecule has 2 aromatic carbocycles. The van der Waals surface area contributed by atoms with Crippen LogP contribution in [0.3, 0.4) is 0 Å². The summed E-state index contributed by atoms with van der Waals surface area (Å²) in [7, 11) is 0. The third kappa shape index (κ3) is 3.05. The molecule has 0 aliphatic heterocycles. The highest BCUT2D eigenvalue weighted by Gasteiger charge is 2.16. The zero-order valence-corrected chi connectivity index (χ0v) is 14.6. The second-order valence-electron chi connectivity index (χ2n) is 5.15. The third-order valence-corrected chi connectivity index (χ3v) is 5.88. The molecule has 0 aliphatic carbocycles. The average Bonchev–Trinajstić information content (AvgIpc) is 2.83. The summed E-state index contributed by atoms with van der Waals surface area (Å²) < 4.78 is 1.20. The molecular formula is C18H18BrNS. The van der Waals surface area contributed by atoms with Crippen molar-refractivity contribution in [1.29, 1.82) is 0 Å². The monoisotopic (exact) mass is 359 g/mol. The molecule has 1 N–H and O–H groups in total. The second kappa shape index (κ2) is 6.30. The van der Waals surface area contributed by atoms with Gasteiger partial charge in [-0.1, -0.05) is 43.3 Å². The van der Waals surface area contributed by atoms with E-state index < -0.39 is 0 Å². The number of hydrogen-bond donors (Lipinski definition) is 1. The van der Waals surface area contributed by atoms with Gasteiger partial charge in [0, 0.05) is 14.2 Å². The van der Waals surface area contributed by atoms with Crippen LogP contribution in [-0.4, -0.2) is 6.54 Å². The summed E-state index contributed by atoms with van der Waals surface area (Å²) in [6, 6.07) is 17.8. The van der Waals surface area contributed by atoms with E-state index in [1.807, 2.05) is 11.3 Å². The van der Waals surface area contributed by atoms with Crippen molar-refractivity contribution >= 4 is 38.0 Å². The van der Waals surface area contributed by atoms with E-state index in [1.54, 1.807) is 0 Å². The molecule has 0 radical (unpaired) electrons. The number of aryl methyl sites for hydroxylation is 1. The average molecular weight is 360 g/mol. The Morgan fingerprint density at radius 1 is 1.10 bits per heavy atom. The maximum Gasteiger partial charge on any atom is 0.0671 e. The molecule has 0 amide bonds. The molecular weight excluding hydrogens is 342 g/mol. The van der Waals surface area contributed by atoms with E-state index in [0.29, 0.717) is 0 Å². The maximum absolute atomic E-state index is 3.63. The molecule has 0 saturated heterocycles. The van der Waals surface area contributed by atoms with E-state index in [2.05, 4.69) is 83.6 Å². The van der Waals surface area contributed by atoms with E-state index in [0.717, 1.165) is 6.54 Å². The summed E-state index contributed by atoms with van der Waals surface area (Å²) in [5.74, 6) is 0. The maximum atomic E-state index is 3.63. The Labute approximate surface area is 138 Å². The summed E-state index contributed by atoms with van der Waals surface area (Å²) in [5.41, 5.74) is 1.32. The Morgan fingerprint density at radius 3 is 2.52 bits per heavy atom. The van der Waals surface area contributed by atoms with Gasteiger partial charge in [0.25, 0.3) is 0 Å². The summed E-state index contributed by atoms with van der Waals surface area (Å²) in [6.45, 7) is 5.26. The number of thiophene rings is 1. The summed E-state index contributed by atoms with van der Waals surface area (Å²) in [5, 5.41) is 6.20. The van der Waals surface area contributed by atoms with Crippen molar-refractivity contribution in [2.45, 2.75) is 19.9 Å². The number of benzene rings is 2. The first-order valence-electron chi connectivity index (χ1n) is 7.17. The number of hydrogen-bond acceptors (Lipinski definition) is 2. The predicted octanol–water partition coefficient (Wildman–Crippen LogP) is 5.67. The van der Waals surface area contributed by atoms with E-state index in [-0.39, 0.29) is 6.04 Å². The highest BCUT2D eigenvalue weighted by atomic mass is 79.9. The Balaban J connectivity index is 2.06. The van der Waals surface area contributed by atoms with Gasteiger partial charge in [0.05, 0.1) is 6.04 Å². The van der Waals surface area contributed by atoms with Gasteiger partial charge in [-0.2, -0.15) is 0 Å². The zero-order chi connectivity index (χ0) is 14.8. The Bertz CT molecular complexity index is 743. The van der Waals surface area contributed by atoms with Crippen LogP contribution >= 0.6 is 27.3 Å². The van der Waals surface area contributed by atoms with E-state index >= 15 is 0 Å². The summed E-state index contributed by atoms with van der Waals surface area (Å²) in [6.07, 6.45) is 0. The SMILES string of the molecule is CCNC(c1ccc2ccccc2c1)c1cc(Br)c(C)s1. The van der Waals surface area contributed by atoms with Crippen molar-refractivity contribution in [2.24, 2.45) is 0 Å². The number of nitrogens with one attached hydrogen (secondary N) is 1. The van der Waals surface area contributed by atoms with Crippen molar-refractivity contribution < 1.29 is 0 Å². The molecule has 0 saturated carbocycles. The van der Waals surface area contributed by atoms with Crippen LogP contribution in [0.15, 0.2) is 53.0 Å². The molecule has 108 valence electrons. The van der Waals surface area contributed by atoms with Gasteiger partial charge in [0.1, 0.15) is 0 Å². The predicted molar refractivity (Wildman–Crippen MR) is 96.2 cm³/mol. The lowest BCUT2D eigenvalue weighted by molar-refractivity contribution is 0.640. The minimum Gasteiger partial charge on any atom is -0.306 e. The molecule has 1 nitrogen and oxygen atoms in total. The van der Waals surface area contributed by atoms with Gasteiger partial charge in [-0.25, -0.2) is 0 Å². The largest absolute Gasteiger partial charge is 0.306 e. The van der Waals surface area contributed by atoms with Crippen LogP contribution in [0.2, 0.25) is 0 Å². The fourth-order valence-corrected chi connectivity index (χ4v) is 4.26. The lowest BCUT2D eigenvalue weighted by atomic mass is 10.0. The minimum atomic E-state index is 0.259. The molecule has 21 heavy (non-hydrogen) atoms. The molecule has 1 heterocycles. The highest BCUT2D eigenvalue weighted by molar-refractivity contribution is 9.10. The molecule has 3 heteroatoms. The molecule has 0 bridgehead atoms. The standard InChI is InChI=1S/C18H18BrNS/c1-3-20-18(17-11-16(19)12(2)21-17)15-9-8-13-6-4-5-7-14(13)10-15/h4-11,18,20H,3H2,1-2H3. The lowest BCUT2D eigenvalue weighted by Gasteiger charge is -2.17. The van der Waals surface area contributed by atoms with E-state index in [9.17, 15) is 0 Å². The first kappa shape index (κ1) is 14.8. The minimum absolute atomic E-state index is 0.259.